The highest BCUT2D eigenvalue weighted by atomic mass is 19.4. The molecule has 34 heavy (non-hydrogen) atoms. The minimum Gasteiger partial charge on any atom is -0.466 e. The fourth-order valence-electron chi connectivity index (χ4n) is 3.26. The van der Waals surface area contributed by atoms with Crippen molar-refractivity contribution in [3.05, 3.63) is 75.3 Å². The summed E-state index contributed by atoms with van der Waals surface area (Å²) in [5.74, 6) is -3.39. The van der Waals surface area contributed by atoms with E-state index in [1.54, 1.807) is 6.92 Å². The Morgan fingerprint density at radius 3 is 2.15 bits per heavy atom. The summed E-state index contributed by atoms with van der Waals surface area (Å²) >= 11 is 0. The topological polar surface area (TPSA) is 142 Å². The fraction of sp³-hybridized carbons (Fsp3) is 0.318. The molecule has 12 heteroatoms. The molecule has 2 atom stereocenters. The first-order valence-electron chi connectivity index (χ1n) is 10.1. The van der Waals surface area contributed by atoms with Crippen LogP contribution in [0.2, 0.25) is 0 Å². The minimum absolute atomic E-state index is 0.0628. The number of carbonyl (C=O) groups is 3. The molecule has 182 valence electrons. The van der Waals surface area contributed by atoms with Crippen LogP contribution in [0, 0.1) is 10.1 Å². The Morgan fingerprint density at radius 2 is 1.68 bits per heavy atom. The van der Waals surface area contributed by atoms with Crippen molar-refractivity contribution in [1.82, 2.24) is 5.32 Å². The number of benzene rings is 2. The van der Waals surface area contributed by atoms with Crippen molar-refractivity contribution < 1.29 is 37.2 Å². The van der Waals surface area contributed by atoms with Crippen molar-refractivity contribution in [3.8, 4) is 0 Å². The van der Waals surface area contributed by atoms with Crippen molar-refractivity contribution in [2.24, 2.45) is 5.73 Å². The van der Waals surface area contributed by atoms with Gasteiger partial charge in [-0.25, -0.2) is 0 Å². The van der Waals surface area contributed by atoms with Crippen molar-refractivity contribution in [2.45, 2.75) is 37.9 Å². The molecule has 0 radical (unpaired) electrons. The van der Waals surface area contributed by atoms with E-state index in [-0.39, 0.29) is 30.7 Å². The van der Waals surface area contributed by atoms with Crippen LogP contribution >= 0.6 is 0 Å². The number of nitrogens with zero attached hydrogens (tertiary/aromatic N) is 1. The molecular weight excluding hydrogens is 459 g/mol. The Hall–Kier alpha value is -3.96. The summed E-state index contributed by atoms with van der Waals surface area (Å²) in [6, 6.07) is 7.55. The van der Waals surface area contributed by atoms with Crippen LogP contribution in [0.25, 0.3) is 0 Å². The predicted molar refractivity (Wildman–Crippen MR) is 113 cm³/mol. The zero-order valence-electron chi connectivity index (χ0n) is 18.0. The molecule has 0 heterocycles. The van der Waals surface area contributed by atoms with Gasteiger partial charge < -0.3 is 15.8 Å². The maximum absolute atomic E-state index is 12.7. The summed E-state index contributed by atoms with van der Waals surface area (Å²) < 4.78 is 43.1. The number of carbonyl (C=O) groups excluding carboxylic acids is 3. The third-order valence-electron chi connectivity index (χ3n) is 4.90. The molecule has 0 aliphatic carbocycles. The standard InChI is InChI=1S/C22H22F3N3O6/c1-2-34-19(30)12-17(14-5-9-16(10-6-14)28(32)33)20(21(26)31)27-18(29)11-13-3-7-15(8-4-13)22(23,24)25/h3-10,17,20H,2,11-12H2,1H3,(H2,26,31)(H,27,29)/t17-,20+/m1/s1. The van der Waals surface area contributed by atoms with Gasteiger partial charge in [-0.1, -0.05) is 24.3 Å². The van der Waals surface area contributed by atoms with Crippen LogP contribution in [0.15, 0.2) is 48.5 Å². The Kier molecular flexibility index (Phi) is 8.70. The van der Waals surface area contributed by atoms with Crippen molar-refractivity contribution >= 4 is 23.5 Å². The van der Waals surface area contributed by atoms with E-state index < -0.39 is 46.4 Å². The maximum Gasteiger partial charge on any atom is 0.416 e. The lowest BCUT2D eigenvalue weighted by molar-refractivity contribution is -0.384. The molecule has 0 aliphatic rings. The lowest BCUT2D eigenvalue weighted by atomic mass is 9.87. The van der Waals surface area contributed by atoms with Gasteiger partial charge in [-0.05, 0) is 30.2 Å². The Balaban J connectivity index is 2.26. The van der Waals surface area contributed by atoms with Crippen LogP contribution in [0.3, 0.4) is 0 Å². The first-order valence-corrected chi connectivity index (χ1v) is 10.1. The lowest BCUT2D eigenvalue weighted by Gasteiger charge is -2.25. The molecule has 9 nitrogen and oxygen atoms in total. The molecule has 2 amide bonds. The maximum atomic E-state index is 12.7. The van der Waals surface area contributed by atoms with Crippen LogP contribution in [-0.2, 0) is 31.7 Å². The highest BCUT2D eigenvalue weighted by Gasteiger charge is 2.33. The van der Waals surface area contributed by atoms with E-state index >= 15 is 0 Å². The number of amides is 2. The SMILES string of the molecule is CCOC(=O)C[C@H](c1ccc([N+](=O)[O-])cc1)[C@H](NC(=O)Cc1ccc(C(F)(F)F)cc1)C(N)=O. The number of halogens is 3. The Labute approximate surface area is 192 Å². The monoisotopic (exact) mass is 481 g/mol. The summed E-state index contributed by atoms with van der Waals surface area (Å²) in [5, 5.41) is 13.3. The molecule has 0 fully saturated rings. The molecular formula is C22H22F3N3O6. The summed E-state index contributed by atoms with van der Waals surface area (Å²) in [6.45, 7) is 1.64. The average molecular weight is 481 g/mol. The van der Waals surface area contributed by atoms with E-state index in [2.05, 4.69) is 5.32 Å². The lowest BCUT2D eigenvalue weighted by Crippen LogP contribution is -2.49. The van der Waals surface area contributed by atoms with E-state index in [1.165, 1.54) is 24.3 Å². The zero-order chi connectivity index (χ0) is 25.5. The molecule has 2 rings (SSSR count). The zero-order valence-corrected chi connectivity index (χ0v) is 18.0. The van der Waals surface area contributed by atoms with Crippen LogP contribution in [0.1, 0.15) is 36.0 Å². The highest BCUT2D eigenvalue weighted by molar-refractivity contribution is 5.89. The van der Waals surface area contributed by atoms with Gasteiger partial charge in [0.15, 0.2) is 0 Å². The summed E-state index contributed by atoms with van der Waals surface area (Å²) in [6.07, 6.45) is -5.24. The highest BCUT2D eigenvalue weighted by Crippen LogP contribution is 2.29. The number of nitro groups is 1. The number of hydrogen-bond donors (Lipinski definition) is 2. The van der Waals surface area contributed by atoms with Gasteiger partial charge in [-0.2, -0.15) is 13.2 Å². The minimum atomic E-state index is -4.52. The molecule has 0 unspecified atom stereocenters. The number of alkyl halides is 3. The largest absolute Gasteiger partial charge is 0.466 e. The predicted octanol–water partition coefficient (Wildman–Crippen LogP) is 2.86. The van der Waals surface area contributed by atoms with Crippen LogP contribution in [-0.4, -0.2) is 35.4 Å². The second kappa shape index (κ2) is 11.3. The summed E-state index contributed by atoms with van der Waals surface area (Å²) in [4.78, 5) is 47.2. The molecule has 0 spiro atoms. The molecule has 0 saturated heterocycles. The van der Waals surface area contributed by atoms with E-state index in [0.29, 0.717) is 5.56 Å². The summed E-state index contributed by atoms with van der Waals surface area (Å²) in [5.41, 5.74) is 4.95. The number of ether oxygens (including phenoxy) is 1. The third-order valence-corrected chi connectivity index (χ3v) is 4.90. The first-order chi connectivity index (χ1) is 15.9. The van der Waals surface area contributed by atoms with Gasteiger partial charge in [0.1, 0.15) is 6.04 Å². The number of non-ortho nitro benzene ring substituents is 1. The van der Waals surface area contributed by atoms with Crippen LogP contribution in [0.4, 0.5) is 18.9 Å². The molecule has 3 N–H and O–H groups in total. The molecule has 0 saturated carbocycles. The van der Waals surface area contributed by atoms with Gasteiger partial charge in [0.05, 0.1) is 29.9 Å². The molecule has 0 aromatic heterocycles. The van der Waals surface area contributed by atoms with Crippen molar-refractivity contribution in [1.29, 1.82) is 0 Å². The second-order valence-electron chi connectivity index (χ2n) is 7.28. The van der Waals surface area contributed by atoms with E-state index in [4.69, 9.17) is 10.5 Å². The molecule has 0 bridgehead atoms. The van der Waals surface area contributed by atoms with Gasteiger partial charge in [0.25, 0.3) is 5.69 Å². The average Bonchev–Trinajstić information content (AvgIpc) is 2.76. The number of nitro benzene ring substituents is 1. The number of nitrogens with two attached hydrogens (primary N) is 1. The fourth-order valence-corrected chi connectivity index (χ4v) is 3.26. The van der Waals surface area contributed by atoms with E-state index in [9.17, 15) is 37.7 Å². The smallest absolute Gasteiger partial charge is 0.416 e. The van der Waals surface area contributed by atoms with Gasteiger partial charge in [0, 0.05) is 18.1 Å². The second-order valence-corrected chi connectivity index (χ2v) is 7.28. The number of primary amides is 1. The summed E-state index contributed by atoms with van der Waals surface area (Å²) in [7, 11) is 0. The van der Waals surface area contributed by atoms with Crippen molar-refractivity contribution in [2.75, 3.05) is 6.61 Å². The van der Waals surface area contributed by atoms with Gasteiger partial charge in [-0.15, -0.1) is 0 Å². The van der Waals surface area contributed by atoms with Crippen molar-refractivity contribution in [3.63, 3.8) is 0 Å². The van der Waals surface area contributed by atoms with Gasteiger partial charge in [0.2, 0.25) is 11.8 Å². The third kappa shape index (κ3) is 7.29. The molecule has 2 aromatic rings. The molecule has 2 aromatic carbocycles. The number of nitrogens with one attached hydrogen (secondary N) is 1. The van der Waals surface area contributed by atoms with Gasteiger partial charge >= 0.3 is 12.1 Å². The first kappa shape index (κ1) is 26.3. The number of hydrogen-bond acceptors (Lipinski definition) is 6. The molecule has 0 aliphatic heterocycles. The quantitative estimate of drug-likeness (QED) is 0.304. The Bertz CT molecular complexity index is 1040. The Morgan fingerprint density at radius 1 is 1.09 bits per heavy atom. The van der Waals surface area contributed by atoms with Gasteiger partial charge in [-0.3, -0.25) is 24.5 Å². The number of esters is 1. The number of rotatable bonds is 10. The normalized spacial score (nSPS) is 12.9. The van der Waals surface area contributed by atoms with E-state index in [1.807, 2.05) is 0 Å². The van der Waals surface area contributed by atoms with Crippen LogP contribution in [0.5, 0.6) is 0 Å². The van der Waals surface area contributed by atoms with E-state index in [0.717, 1.165) is 24.3 Å². The van der Waals surface area contributed by atoms with Crippen LogP contribution < -0.4 is 11.1 Å².